The average molecular weight is 216 g/mol. The van der Waals surface area contributed by atoms with Gasteiger partial charge in [-0.1, -0.05) is 6.07 Å². The van der Waals surface area contributed by atoms with Crippen LogP contribution in [-0.2, 0) is 0 Å². The van der Waals surface area contributed by atoms with Gasteiger partial charge in [0.1, 0.15) is 5.75 Å². The number of aromatic nitrogens is 1. The highest BCUT2D eigenvalue weighted by Gasteiger charge is 2.12. The quantitative estimate of drug-likeness (QED) is 0.839. The standard InChI is InChI=1S/C13H16N2O/c1-8-4-5-10-11(15-8)6-7-12(16-3)13(10)9(2)14/h4-7,9H,14H2,1-3H3. The summed E-state index contributed by atoms with van der Waals surface area (Å²) in [4.78, 5) is 4.48. The Morgan fingerprint density at radius 2 is 2.00 bits per heavy atom. The average Bonchev–Trinajstić information content (AvgIpc) is 2.26. The van der Waals surface area contributed by atoms with Gasteiger partial charge in [-0.05, 0) is 32.0 Å². The van der Waals surface area contributed by atoms with Gasteiger partial charge in [-0.25, -0.2) is 0 Å². The lowest BCUT2D eigenvalue weighted by Gasteiger charge is -2.14. The van der Waals surface area contributed by atoms with Crippen molar-refractivity contribution in [1.82, 2.24) is 4.98 Å². The van der Waals surface area contributed by atoms with Crippen LogP contribution in [0.3, 0.4) is 0 Å². The Labute approximate surface area is 95.2 Å². The molecule has 2 N–H and O–H groups in total. The first-order valence-electron chi connectivity index (χ1n) is 5.33. The van der Waals surface area contributed by atoms with Gasteiger partial charge in [0, 0.05) is 22.7 Å². The third-order valence-electron chi connectivity index (χ3n) is 2.69. The maximum absolute atomic E-state index is 5.99. The number of benzene rings is 1. The molecule has 1 aromatic heterocycles. The number of nitrogens with zero attached hydrogens (tertiary/aromatic N) is 1. The van der Waals surface area contributed by atoms with E-state index in [-0.39, 0.29) is 6.04 Å². The number of fused-ring (bicyclic) bond motifs is 1. The minimum Gasteiger partial charge on any atom is -0.496 e. The maximum Gasteiger partial charge on any atom is 0.124 e. The zero-order valence-corrected chi connectivity index (χ0v) is 9.82. The molecule has 0 fully saturated rings. The van der Waals surface area contributed by atoms with Crippen molar-refractivity contribution < 1.29 is 4.74 Å². The van der Waals surface area contributed by atoms with Gasteiger partial charge in [0.2, 0.25) is 0 Å². The molecular formula is C13H16N2O. The summed E-state index contributed by atoms with van der Waals surface area (Å²) >= 11 is 0. The molecular weight excluding hydrogens is 200 g/mol. The SMILES string of the molecule is COc1ccc2nc(C)ccc2c1C(C)N. The summed E-state index contributed by atoms with van der Waals surface area (Å²) in [6, 6.07) is 7.87. The third-order valence-corrected chi connectivity index (χ3v) is 2.69. The Bertz CT molecular complexity index is 521. The number of aryl methyl sites for hydroxylation is 1. The fourth-order valence-electron chi connectivity index (χ4n) is 1.96. The van der Waals surface area contributed by atoms with Crippen molar-refractivity contribution in [1.29, 1.82) is 0 Å². The van der Waals surface area contributed by atoms with Gasteiger partial charge in [0.25, 0.3) is 0 Å². The molecule has 0 aliphatic rings. The number of methoxy groups -OCH3 is 1. The Morgan fingerprint density at radius 1 is 1.25 bits per heavy atom. The van der Waals surface area contributed by atoms with E-state index in [1.165, 1.54) is 0 Å². The van der Waals surface area contributed by atoms with Gasteiger partial charge in [0.05, 0.1) is 12.6 Å². The second-order valence-electron chi connectivity index (χ2n) is 3.99. The lowest BCUT2D eigenvalue weighted by Crippen LogP contribution is -2.08. The van der Waals surface area contributed by atoms with Crippen LogP contribution in [0.1, 0.15) is 24.2 Å². The van der Waals surface area contributed by atoms with Crippen LogP contribution in [0.15, 0.2) is 24.3 Å². The molecule has 84 valence electrons. The number of rotatable bonds is 2. The Kier molecular flexibility index (Phi) is 2.79. The highest BCUT2D eigenvalue weighted by molar-refractivity contribution is 5.85. The van der Waals surface area contributed by atoms with E-state index < -0.39 is 0 Å². The van der Waals surface area contributed by atoms with Crippen molar-refractivity contribution in [2.45, 2.75) is 19.9 Å². The summed E-state index contributed by atoms with van der Waals surface area (Å²) in [7, 11) is 1.66. The van der Waals surface area contributed by atoms with Crippen molar-refractivity contribution in [3.63, 3.8) is 0 Å². The molecule has 0 bridgehead atoms. The van der Waals surface area contributed by atoms with Gasteiger partial charge >= 0.3 is 0 Å². The lowest BCUT2D eigenvalue weighted by atomic mass is 10.0. The van der Waals surface area contributed by atoms with Crippen molar-refractivity contribution >= 4 is 10.9 Å². The van der Waals surface area contributed by atoms with Gasteiger partial charge in [-0.2, -0.15) is 0 Å². The van der Waals surface area contributed by atoms with Gasteiger partial charge in [0.15, 0.2) is 0 Å². The monoisotopic (exact) mass is 216 g/mol. The summed E-state index contributed by atoms with van der Waals surface area (Å²) in [6.45, 7) is 3.94. The molecule has 2 aromatic rings. The molecule has 1 atom stereocenters. The van der Waals surface area contributed by atoms with Crippen LogP contribution in [0.2, 0.25) is 0 Å². The number of pyridine rings is 1. The molecule has 0 amide bonds. The predicted octanol–water partition coefficient (Wildman–Crippen LogP) is 2.57. The normalized spacial score (nSPS) is 12.8. The summed E-state index contributed by atoms with van der Waals surface area (Å²) in [5.74, 6) is 0.827. The first-order valence-corrected chi connectivity index (χ1v) is 5.33. The molecule has 2 rings (SSSR count). The lowest BCUT2D eigenvalue weighted by molar-refractivity contribution is 0.408. The van der Waals surface area contributed by atoms with E-state index in [9.17, 15) is 0 Å². The van der Waals surface area contributed by atoms with Crippen LogP contribution in [0.25, 0.3) is 10.9 Å². The maximum atomic E-state index is 5.99. The Balaban J connectivity index is 2.79. The van der Waals surface area contributed by atoms with Gasteiger partial charge < -0.3 is 10.5 Å². The molecule has 0 aliphatic carbocycles. The Hall–Kier alpha value is -1.61. The van der Waals surface area contributed by atoms with Gasteiger partial charge in [-0.15, -0.1) is 0 Å². The molecule has 0 aliphatic heterocycles. The van der Waals surface area contributed by atoms with E-state index in [4.69, 9.17) is 10.5 Å². The number of hydrogen-bond acceptors (Lipinski definition) is 3. The van der Waals surface area contributed by atoms with E-state index in [0.717, 1.165) is 27.9 Å². The van der Waals surface area contributed by atoms with Crippen molar-refractivity contribution in [2.24, 2.45) is 5.73 Å². The smallest absolute Gasteiger partial charge is 0.124 e. The summed E-state index contributed by atoms with van der Waals surface area (Å²) < 4.78 is 5.34. The highest BCUT2D eigenvalue weighted by Crippen LogP contribution is 2.31. The van der Waals surface area contributed by atoms with Gasteiger partial charge in [-0.3, -0.25) is 4.98 Å². The number of ether oxygens (including phenoxy) is 1. The summed E-state index contributed by atoms with van der Waals surface area (Å²) in [6.07, 6.45) is 0. The van der Waals surface area contributed by atoms with E-state index in [0.29, 0.717) is 0 Å². The molecule has 3 heteroatoms. The summed E-state index contributed by atoms with van der Waals surface area (Å²) in [5, 5.41) is 1.07. The van der Waals surface area contributed by atoms with Crippen LogP contribution in [0.5, 0.6) is 5.75 Å². The fourth-order valence-corrected chi connectivity index (χ4v) is 1.96. The molecule has 1 aromatic carbocycles. The number of nitrogens with two attached hydrogens (primary N) is 1. The molecule has 0 radical (unpaired) electrons. The van der Waals surface area contributed by atoms with Crippen LogP contribution >= 0.6 is 0 Å². The van der Waals surface area contributed by atoms with Crippen molar-refractivity contribution in [2.75, 3.05) is 7.11 Å². The fraction of sp³-hybridized carbons (Fsp3) is 0.308. The molecule has 0 saturated carbocycles. The minimum atomic E-state index is -0.0665. The molecule has 3 nitrogen and oxygen atoms in total. The first-order chi connectivity index (χ1) is 7.63. The second-order valence-corrected chi connectivity index (χ2v) is 3.99. The molecule has 1 unspecified atom stereocenters. The van der Waals surface area contributed by atoms with Crippen LogP contribution < -0.4 is 10.5 Å². The molecule has 0 saturated heterocycles. The zero-order chi connectivity index (χ0) is 11.7. The van der Waals surface area contributed by atoms with Crippen LogP contribution in [0, 0.1) is 6.92 Å². The third kappa shape index (κ3) is 1.74. The highest BCUT2D eigenvalue weighted by atomic mass is 16.5. The topological polar surface area (TPSA) is 48.1 Å². The van der Waals surface area contributed by atoms with Crippen LogP contribution in [-0.4, -0.2) is 12.1 Å². The van der Waals surface area contributed by atoms with E-state index in [1.807, 2.05) is 32.0 Å². The molecule has 0 spiro atoms. The van der Waals surface area contributed by atoms with E-state index in [2.05, 4.69) is 11.1 Å². The summed E-state index contributed by atoms with van der Waals surface area (Å²) in [5.41, 5.74) is 8.98. The minimum absolute atomic E-state index is 0.0665. The first kappa shape index (κ1) is 10.9. The second kappa shape index (κ2) is 4.10. The molecule has 16 heavy (non-hydrogen) atoms. The van der Waals surface area contributed by atoms with E-state index >= 15 is 0 Å². The van der Waals surface area contributed by atoms with E-state index in [1.54, 1.807) is 7.11 Å². The number of hydrogen-bond donors (Lipinski definition) is 1. The van der Waals surface area contributed by atoms with Crippen molar-refractivity contribution in [3.05, 3.63) is 35.5 Å². The Morgan fingerprint density at radius 3 is 2.62 bits per heavy atom. The molecule has 1 heterocycles. The largest absolute Gasteiger partial charge is 0.496 e. The van der Waals surface area contributed by atoms with Crippen molar-refractivity contribution in [3.8, 4) is 5.75 Å². The predicted molar refractivity (Wildman–Crippen MR) is 65.6 cm³/mol. The van der Waals surface area contributed by atoms with Crippen LogP contribution in [0.4, 0.5) is 0 Å². The zero-order valence-electron chi connectivity index (χ0n) is 9.82.